The number of carbonyl (C=O) groups excluding carboxylic acids is 2. The molecule has 1 aromatic rings. The monoisotopic (exact) mass is 548 g/mol. The molecule has 1 aromatic heterocycles. The van der Waals surface area contributed by atoms with E-state index in [1.54, 1.807) is 41.5 Å². The fourth-order valence-electron chi connectivity index (χ4n) is 3.21. The summed E-state index contributed by atoms with van der Waals surface area (Å²) in [7, 11) is -3.89. The number of ether oxygens (including phenoxy) is 3. The van der Waals surface area contributed by atoms with Gasteiger partial charge in [0.25, 0.3) is 5.56 Å². The van der Waals surface area contributed by atoms with Crippen LogP contribution in [0.15, 0.2) is 21.9 Å². The first-order valence-corrected chi connectivity index (χ1v) is 13.6. The van der Waals surface area contributed by atoms with E-state index in [0.717, 1.165) is 0 Å². The first kappa shape index (κ1) is 30.9. The quantitative estimate of drug-likeness (QED) is 0.236. The smallest absolute Gasteiger partial charge is 0.336 e. The summed E-state index contributed by atoms with van der Waals surface area (Å²) in [5.41, 5.74) is -2.80. The SMILES string of the molecule is CC(C)(C)C(=O)OCOP(=O)(CCC[C@H]1O[C@@H](n2ccc(=O)[nH]c2=O)C[C@@H]1O)OCOC(=O)C(C)(C)C. The summed E-state index contributed by atoms with van der Waals surface area (Å²) in [6, 6.07) is 1.17. The number of hydrogen-bond donors (Lipinski definition) is 2. The van der Waals surface area contributed by atoms with E-state index in [1.807, 2.05) is 0 Å². The molecular weight excluding hydrogens is 511 g/mol. The van der Waals surface area contributed by atoms with Crippen molar-refractivity contribution >= 4 is 19.5 Å². The molecule has 0 aliphatic carbocycles. The molecule has 0 aromatic carbocycles. The summed E-state index contributed by atoms with van der Waals surface area (Å²) >= 11 is 0. The summed E-state index contributed by atoms with van der Waals surface area (Å²) in [4.78, 5) is 49.4. The van der Waals surface area contributed by atoms with Crippen molar-refractivity contribution in [3.8, 4) is 0 Å². The molecule has 2 rings (SSSR count). The molecule has 0 bridgehead atoms. The molecule has 0 radical (unpaired) electrons. The van der Waals surface area contributed by atoms with E-state index in [0.29, 0.717) is 0 Å². The summed E-state index contributed by atoms with van der Waals surface area (Å²) in [5, 5.41) is 10.4. The Kier molecular flexibility index (Phi) is 10.4. The molecule has 0 unspecified atom stereocenters. The van der Waals surface area contributed by atoms with Crippen LogP contribution in [-0.2, 0) is 37.4 Å². The highest BCUT2D eigenvalue weighted by atomic mass is 31.2. The number of aromatic amines is 1. The highest BCUT2D eigenvalue weighted by Crippen LogP contribution is 2.49. The number of H-pyrrole nitrogens is 1. The lowest BCUT2D eigenvalue weighted by Crippen LogP contribution is -2.31. The number of aromatic nitrogens is 2. The van der Waals surface area contributed by atoms with Crippen molar-refractivity contribution in [2.45, 2.75) is 79.2 Å². The van der Waals surface area contributed by atoms with E-state index >= 15 is 0 Å². The Morgan fingerprint density at radius 2 is 1.62 bits per heavy atom. The lowest BCUT2D eigenvalue weighted by atomic mass is 9.98. The third kappa shape index (κ3) is 9.50. The average Bonchev–Trinajstić information content (AvgIpc) is 3.12. The van der Waals surface area contributed by atoms with Gasteiger partial charge in [-0.2, -0.15) is 0 Å². The fourth-order valence-corrected chi connectivity index (χ4v) is 4.54. The molecule has 2 N–H and O–H groups in total. The number of aliphatic hydroxyl groups is 1. The van der Waals surface area contributed by atoms with Crippen molar-refractivity contribution in [2.75, 3.05) is 19.7 Å². The zero-order valence-corrected chi connectivity index (χ0v) is 22.9. The number of aliphatic hydroxyl groups excluding tert-OH is 1. The summed E-state index contributed by atoms with van der Waals surface area (Å²) in [6.45, 7) is 8.66. The van der Waals surface area contributed by atoms with Crippen molar-refractivity contribution in [1.82, 2.24) is 9.55 Å². The number of nitrogens with one attached hydrogen (secondary N) is 1. The molecule has 13 nitrogen and oxygen atoms in total. The molecule has 210 valence electrons. The van der Waals surface area contributed by atoms with Gasteiger partial charge >= 0.3 is 25.2 Å². The number of rotatable bonds is 11. The van der Waals surface area contributed by atoms with E-state index in [9.17, 15) is 28.8 Å². The van der Waals surface area contributed by atoms with Crippen LogP contribution in [0.5, 0.6) is 0 Å². The van der Waals surface area contributed by atoms with Gasteiger partial charge in [-0.3, -0.25) is 37.5 Å². The standard InChI is InChI=1S/C23H37N2O11P/c1-22(2,3)19(28)32-13-34-37(31,35-14-33-20(29)23(4,5)6)11-7-8-16-15(26)12-18(36-16)25-10-9-17(27)24-21(25)30/h9-10,15-16,18,26H,7-8,11-14H2,1-6H3,(H,24,27,30)/t15-,16+,18+/m0/s1. The molecule has 1 aliphatic rings. The summed E-state index contributed by atoms with van der Waals surface area (Å²) < 4.78 is 40.9. The summed E-state index contributed by atoms with van der Waals surface area (Å²) in [5.74, 6) is -1.13. The lowest BCUT2D eigenvalue weighted by molar-refractivity contribution is -0.162. The largest absolute Gasteiger partial charge is 0.438 e. The molecule has 37 heavy (non-hydrogen) atoms. The van der Waals surface area contributed by atoms with Crippen LogP contribution in [0.2, 0.25) is 0 Å². The normalized spacial score (nSPS) is 20.6. The van der Waals surface area contributed by atoms with Crippen LogP contribution in [0, 0.1) is 10.8 Å². The van der Waals surface area contributed by atoms with Gasteiger partial charge in [0.2, 0.25) is 13.6 Å². The zero-order chi connectivity index (χ0) is 28.0. The zero-order valence-electron chi connectivity index (χ0n) is 22.1. The topological polar surface area (TPSA) is 172 Å². The average molecular weight is 549 g/mol. The molecule has 1 saturated heterocycles. The molecule has 2 heterocycles. The van der Waals surface area contributed by atoms with Gasteiger partial charge in [-0.1, -0.05) is 0 Å². The molecule has 14 heteroatoms. The highest BCUT2D eigenvalue weighted by molar-refractivity contribution is 7.53. The fraction of sp³-hybridized carbons (Fsp3) is 0.739. The van der Waals surface area contributed by atoms with Crippen LogP contribution in [0.4, 0.5) is 0 Å². The first-order chi connectivity index (χ1) is 17.0. The van der Waals surface area contributed by atoms with Crippen LogP contribution < -0.4 is 11.2 Å². The van der Waals surface area contributed by atoms with Gasteiger partial charge in [-0.25, -0.2) is 4.79 Å². The minimum Gasteiger partial charge on any atom is -0.438 e. The van der Waals surface area contributed by atoms with Crippen molar-refractivity contribution in [3.63, 3.8) is 0 Å². The Hall–Kier alpha value is -2.31. The molecule has 0 spiro atoms. The highest BCUT2D eigenvalue weighted by Gasteiger charge is 2.36. The van der Waals surface area contributed by atoms with Crippen LogP contribution in [0.25, 0.3) is 0 Å². The van der Waals surface area contributed by atoms with Crippen molar-refractivity contribution in [3.05, 3.63) is 33.1 Å². The van der Waals surface area contributed by atoms with Gasteiger partial charge in [0.1, 0.15) is 6.23 Å². The second-order valence-corrected chi connectivity index (χ2v) is 13.0. The van der Waals surface area contributed by atoms with E-state index in [-0.39, 0.29) is 25.4 Å². The molecule has 1 fully saturated rings. The lowest BCUT2D eigenvalue weighted by Gasteiger charge is -2.22. The third-order valence-corrected chi connectivity index (χ3v) is 7.25. The Morgan fingerprint density at radius 1 is 1.08 bits per heavy atom. The van der Waals surface area contributed by atoms with E-state index < -0.39 is 73.6 Å². The Balaban J connectivity index is 1.97. The van der Waals surface area contributed by atoms with Crippen molar-refractivity contribution in [2.24, 2.45) is 10.8 Å². The van der Waals surface area contributed by atoms with Crippen LogP contribution >= 0.6 is 7.60 Å². The van der Waals surface area contributed by atoms with Crippen molar-refractivity contribution in [1.29, 1.82) is 0 Å². The van der Waals surface area contributed by atoms with Crippen LogP contribution in [0.3, 0.4) is 0 Å². The first-order valence-electron chi connectivity index (χ1n) is 11.9. The van der Waals surface area contributed by atoms with Crippen LogP contribution in [0.1, 0.15) is 67.0 Å². The number of carbonyl (C=O) groups is 2. The maximum atomic E-state index is 13.3. The second-order valence-electron chi connectivity index (χ2n) is 10.8. The Bertz CT molecular complexity index is 1060. The van der Waals surface area contributed by atoms with Crippen LogP contribution in [-0.4, -0.2) is 58.6 Å². The van der Waals surface area contributed by atoms with Gasteiger partial charge in [0.05, 0.1) is 29.2 Å². The van der Waals surface area contributed by atoms with Crippen molar-refractivity contribution < 1.29 is 42.5 Å². The second kappa shape index (κ2) is 12.5. The molecule has 0 saturated carbocycles. The maximum Gasteiger partial charge on any atom is 0.336 e. The van der Waals surface area contributed by atoms with Gasteiger partial charge in [0.15, 0.2) is 0 Å². The van der Waals surface area contributed by atoms with E-state index in [1.165, 1.54) is 16.8 Å². The van der Waals surface area contributed by atoms with E-state index in [2.05, 4.69) is 4.98 Å². The predicted molar refractivity (Wildman–Crippen MR) is 131 cm³/mol. The minimum atomic E-state index is -3.89. The number of nitrogens with zero attached hydrogens (tertiary/aromatic N) is 1. The van der Waals surface area contributed by atoms with Gasteiger partial charge in [0, 0.05) is 18.7 Å². The molecule has 0 amide bonds. The number of esters is 2. The maximum absolute atomic E-state index is 13.3. The number of hydrogen-bond acceptors (Lipinski definition) is 11. The summed E-state index contributed by atoms with van der Waals surface area (Å²) in [6.07, 6.45) is -0.690. The Morgan fingerprint density at radius 3 is 2.11 bits per heavy atom. The van der Waals surface area contributed by atoms with Gasteiger partial charge < -0.3 is 19.3 Å². The molecular formula is C23H37N2O11P. The van der Waals surface area contributed by atoms with Gasteiger partial charge in [-0.15, -0.1) is 0 Å². The minimum absolute atomic E-state index is 0.118. The molecule has 1 aliphatic heterocycles. The van der Waals surface area contributed by atoms with E-state index in [4.69, 9.17) is 23.3 Å². The molecule has 3 atom stereocenters. The Labute approximate surface area is 214 Å². The predicted octanol–water partition coefficient (Wildman–Crippen LogP) is 2.29. The third-order valence-electron chi connectivity index (χ3n) is 5.39. The van der Waals surface area contributed by atoms with Gasteiger partial charge in [-0.05, 0) is 54.4 Å².